The van der Waals surface area contributed by atoms with Crippen LogP contribution in [0, 0.1) is 0 Å². The van der Waals surface area contributed by atoms with E-state index in [-0.39, 0.29) is 17.8 Å². The van der Waals surface area contributed by atoms with Crippen LogP contribution >= 0.6 is 15.9 Å². The minimum Gasteiger partial charge on any atom is -0.496 e. The Morgan fingerprint density at radius 2 is 1.84 bits per heavy atom. The fourth-order valence-corrected chi connectivity index (χ4v) is 3.70. The number of hydrogen-bond acceptors (Lipinski definition) is 5. The van der Waals surface area contributed by atoms with E-state index in [2.05, 4.69) is 15.9 Å². The normalized spacial score (nSPS) is 10.7. The second kappa shape index (κ2) is 10.3. The highest BCUT2D eigenvalue weighted by molar-refractivity contribution is 9.10. The zero-order valence-electron chi connectivity index (χ0n) is 17.3. The molecule has 0 aliphatic heterocycles. The van der Waals surface area contributed by atoms with Gasteiger partial charge in [-0.2, -0.15) is 0 Å². The van der Waals surface area contributed by atoms with Crippen LogP contribution in [0.3, 0.4) is 0 Å². The molecule has 0 bridgehead atoms. The van der Waals surface area contributed by atoms with E-state index in [9.17, 15) is 14.4 Å². The van der Waals surface area contributed by atoms with Crippen LogP contribution in [0.2, 0.25) is 0 Å². The molecule has 0 saturated heterocycles. The largest absolute Gasteiger partial charge is 0.496 e. The average molecular weight is 487 g/mol. The first-order chi connectivity index (χ1) is 14.9. The zero-order chi connectivity index (χ0) is 22.4. The molecule has 1 aromatic heterocycles. The van der Waals surface area contributed by atoms with E-state index >= 15 is 0 Å². The minimum absolute atomic E-state index is 0.0112. The number of rotatable bonds is 9. The molecule has 3 aromatic rings. The Kier molecular flexibility index (Phi) is 7.46. The Labute approximate surface area is 188 Å². The molecule has 0 spiro atoms. The van der Waals surface area contributed by atoms with Crippen molar-refractivity contribution in [3.05, 3.63) is 86.2 Å². The molecule has 1 heterocycles. The number of carbonyl (C=O) groups is 2. The van der Waals surface area contributed by atoms with Gasteiger partial charge in [0.15, 0.2) is 5.78 Å². The van der Waals surface area contributed by atoms with Gasteiger partial charge in [0.25, 0.3) is 5.56 Å². The summed E-state index contributed by atoms with van der Waals surface area (Å²) in [7, 11) is 2.81. The van der Waals surface area contributed by atoms with E-state index in [1.54, 1.807) is 39.8 Å². The number of aromatic nitrogens is 2. The molecule has 0 fully saturated rings. The molecule has 2 aromatic carbocycles. The molecule has 0 unspecified atom stereocenters. The van der Waals surface area contributed by atoms with Crippen LogP contribution in [0.4, 0.5) is 0 Å². The van der Waals surface area contributed by atoms with E-state index in [0.29, 0.717) is 36.4 Å². The summed E-state index contributed by atoms with van der Waals surface area (Å²) in [6.07, 6.45) is 2.53. The lowest BCUT2D eigenvalue weighted by Gasteiger charge is -2.13. The highest BCUT2D eigenvalue weighted by Gasteiger charge is 2.14. The molecule has 162 valence electrons. The molecule has 0 aliphatic rings. The van der Waals surface area contributed by atoms with Crippen molar-refractivity contribution >= 4 is 27.7 Å². The maximum atomic E-state index is 12.5. The van der Waals surface area contributed by atoms with Crippen LogP contribution in [0.15, 0.2) is 64.0 Å². The summed E-state index contributed by atoms with van der Waals surface area (Å²) >= 11 is 3.37. The van der Waals surface area contributed by atoms with Gasteiger partial charge in [-0.1, -0.05) is 34.1 Å². The zero-order valence-corrected chi connectivity index (χ0v) is 18.9. The summed E-state index contributed by atoms with van der Waals surface area (Å²) in [4.78, 5) is 36.6. The fourth-order valence-electron chi connectivity index (χ4n) is 3.30. The highest BCUT2D eigenvalue weighted by atomic mass is 79.9. The van der Waals surface area contributed by atoms with Crippen molar-refractivity contribution in [2.75, 3.05) is 14.2 Å². The van der Waals surface area contributed by atoms with Crippen LogP contribution in [0.25, 0.3) is 0 Å². The second-order valence-electron chi connectivity index (χ2n) is 6.90. The number of aryl methyl sites for hydroxylation is 2. The van der Waals surface area contributed by atoms with Crippen LogP contribution in [0.1, 0.15) is 32.7 Å². The SMILES string of the molecule is COC(=O)c1ccc(CCn2c(=O)ccn2CCC(=O)c2cccc(Br)c2)cc1OC. The molecular weight excluding hydrogens is 464 g/mol. The van der Waals surface area contributed by atoms with Crippen LogP contribution in [-0.2, 0) is 24.2 Å². The Morgan fingerprint density at radius 3 is 2.55 bits per heavy atom. The van der Waals surface area contributed by atoms with Gasteiger partial charge in [0.1, 0.15) is 11.3 Å². The van der Waals surface area contributed by atoms with Gasteiger partial charge in [-0.05, 0) is 36.2 Å². The van der Waals surface area contributed by atoms with Gasteiger partial charge in [0, 0.05) is 41.8 Å². The van der Waals surface area contributed by atoms with Crippen molar-refractivity contribution in [2.45, 2.75) is 25.9 Å². The van der Waals surface area contributed by atoms with Crippen molar-refractivity contribution in [1.82, 2.24) is 9.36 Å². The molecule has 0 radical (unpaired) electrons. The number of benzene rings is 2. The van der Waals surface area contributed by atoms with E-state index in [1.807, 2.05) is 18.2 Å². The maximum Gasteiger partial charge on any atom is 0.341 e. The maximum absolute atomic E-state index is 12.5. The molecule has 0 N–H and O–H groups in total. The van der Waals surface area contributed by atoms with Crippen molar-refractivity contribution in [1.29, 1.82) is 0 Å². The van der Waals surface area contributed by atoms with Gasteiger partial charge >= 0.3 is 5.97 Å². The molecule has 0 atom stereocenters. The number of ketones is 1. The van der Waals surface area contributed by atoms with Gasteiger partial charge < -0.3 is 9.47 Å². The number of Topliss-reactive ketones (excluding diaryl/α,β-unsaturated/α-hetero) is 1. The van der Waals surface area contributed by atoms with Crippen molar-refractivity contribution in [3.63, 3.8) is 0 Å². The third kappa shape index (κ3) is 5.52. The third-order valence-electron chi connectivity index (χ3n) is 4.95. The second-order valence-corrected chi connectivity index (χ2v) is 7.82. The first-order valence-electron chi connectivity index (χ1n) is 9.73. The van der Waals surface area contributed by atoms with Crippen molar-refractivity contribution in [3.8, 4) is 5.75 Å². The number of halogens is 1. The topological polar surface area (TPSA) is 79.5 Å². The van der Waals surface area contributed by atoms with Gasteiger partial charge in [-0.25, -0.2) is 4.79 Å². The number of esters is 1. The summed E-state index contributed by atoms with van der Waals surface area (Å²) in [5.41, 5.74) is 1.76. The minimum atomic E-state index is -0.469. The Bertz CT molecular complexity index is 1150. The first kappa shape index (κ1) is 22.6. The van der Waals surface area contributed by atoms with E-state index < -0.39 is 5.97 Å². The standard InChI is InChI=1S/C23H23BrN2O5/c1-30-21-14-16(6-7-19(21)23(29)31-2)8-13-26-22(28)10-12-25(26)11-9-20(27)17-4-3-5-18(24)15-17/h3-7,10,12,14-15H,8-9,11,13H2,1-2H3. The summed E-state index contributed by atoms with van der Waals surface area (Å²) in [6.45, 7) is 0.829. The van der Waals surface area contributed by atoms with E-state index in [1.165, 1.54) is 20.3 Å². The molecule has 7 nitrogen and oxygen atoms in total. The number of ether oxygens (including phenoxy) is 2. The number of nitrogens with zero attached hydrogens (tertiary/aromatic N) is 2. The van der Waals surface area contributed by atoms with Gasteiger partial charge in [-0.3, -0.25) is 19.0 Å². The van der Waals surface area contributed by atoms with E-state index in [4.69, 9.17) is 9.47 Å². The third-order valence-corrected chi connectivity index (χ3v) is 5.45. The summed E-state index contributed by atoms with van der Waals surface area (Å²) in [6, 6.07) is 14.0. The molecular formula is C23H23BrN2O5. The monoisotopic (exact) mass is 486 g/mol. The average Bonchev–Trinajstić information content (AvgIpc) is 3.14. The molecule has 0 aliphatic carbocycles. The molecule has 8 heteroatoms. The quantitative estimate of drug-likeness (QED) is 0.340. The predicted molar refractivity (Wildman–Crippen MR) is 120 cm³/mol. The number of hydrogen-bond donors (Lipinski definition) is 0. The summed E-state index contributed by atoms with van der Waals surface area (Å²) in [5.74, 6) is -0.0348. The van der Waals surface area contributed by atoms with Gasteiger partial charge in [0.2, 0.25) is 0 Å². The number of carbonyl (C=O) groups excluding carboxylic acids is 2. The van der Waals surface area contributed by atoms with E-state index in [0.717, 1.165) is 10.0 Å². The highest BCUT2D eigenvalue weighted by Crippen LogP contribution is 2.21. The van der Waals surface area contributed by atoms with Crippen LogP contribution in [-0.4, -0.2) is 35.3 Å². The molecule has 0 amide bonds. The van der Waals surface area contributed by atoms with Crippen LogP contribution < -0.4 is 10.3 Å². The molecule has 0 saturated carbocycles. The fraction of sp³-hybridized carbons (Fsp3) is 0.261. The lowest BCUT2D eigenvalue weighted by molar-refractivity contribution is 0.0597. The molecule has 31 heavy (non-hydrogen) atoms. The summed E-state index contributed by atoms with van der Waals surface area (Å²) in [5, 5.41) is 0. The predicted octanol–water partition coefficient (Wildman–Crippen LogP) is 3.72. The van der Waals surface area contributed by atoms with Crippen LogP contribution in [0.5, 0.6) is 5.75 Å². The van der Waals surface area contributed by atoms with Crippen molar-refractivity contribution < 1.29 is 19.1 Å². The lowest BCUT2D eigenvalue weighted by atomic mass is 10.1. The first-order valence-corrected chi connectivity index (χ1v) is 10.5. The van der Waals surface area contributed by atoms with Crippen molar-refractivity contribution in [2.24, 2.45) is 0 Å². The van der Waals surface area contributed by atoms with Gasteiger partial charge in [0.05, 0.1) is 14.2 Å². The molecule has 3 rings (SSSR count). The summed E-state index contributed by atoms with van der Waals surface area (Å²) < 4.78 is 14.3. The Hall–Kier alpha value is -3.13. The Morgan fingerprint density at radius 1 is 1.03 bits per heavy atom. The number of methoxy groups -OCH3 is 2. The Balaban J connectivity index is 1.68. The lowest BCUT2D eigenvalue weighted by Crippen LogP contribution is -2.24. The smallest absolute Gasteiger partial charge is 0.341 e. The van der Waals surface area contributed by atoms with Gasteiger partial charge in [-0.15, -0.1) is 0 Å².